The summed E-state index contributed by atoms with van der Waals surface area (Å²) in [5.74, 6) is 1.29. The Labute approximate surface area is 99.2 Å². The van der Waals surface area contributed by atoms with Gasteiger partial charge in [0, 0.05) is 12.3 Å². The third kappa shape index (κ3) is 2.56. The maximum Gasteiger partial charge on any atom is 0.183 e. The molecule has 16 heavy (non-hydrogen) atoms. The first-order valence-corrected chi connectivity index (χ1v) is 6.64. The highest BCUT2D eigenvalue weighted by Gasteiger charge is 2.39. The number of nitrogens with one attached hydrogen (secondary N) is 1. The molecule has 0 saturated heterocycles. The van der Waals surface area contributed by atoms with Crippen LogP contribution in [0.4, 0.5) is 0 Å². The Bertz CT molecular complexity index is 319. The SMILES string of the molecule is NCC1(O)CCCC1CCSc1ncn[nH]1. The van der Waals surface area contributed by atoms with Gasteiger partial charge in [0.15, 0.2) is 5.16 Å². The summed E-state index contributed by atoms with van der Waals surface area (Å²) in [5, 5.41) is 17.7. The molecule has 0 spiro atoms. The van der Waals surface area contributed by atoms with E-state index in [1.807, 2.05) is 0 Å². The lowest BCUT2D eigenvalue weighted by Crippen LogP contribution is -2.41. The number of aromatic amines is 1. The number of H-pyrrole nitrogens is 1. The summed E-state index contributed by atoms with van der Waals surface area (Å²) < 4.78 is 0. The summed E-state index contributed by atoms with van der Waals surface area (Å²) in [6.45, 7) is 0.380. The van der Waals surface area contributed by atoms with Gasteiger partial charge in [-0.25, -0.2) is 4.98 Å². The number of nitrogens with zero attached hydrogens (tertiary/aromatic N) is 2. The molecule has 6 heteroatoms. The van der Waals surface area contributed by atoms with Crippen LogP contribution in [0.5, 0.6) is 0 Å². The van der Waals surface area contributed by atoms with Gasteiger partial charge in [0.25, 0.3) is 0 Å². The van der Waals surface area contributed by atoms with Crippen molar-refractivity contribution in [1.82, 2.24) is 15.2 Å². The number of aromatic nitrogens is 3. The molecule has 2 rings (SSSR count). The van der Waals surface area contributed by atoms with Gasteiger partial charge in [-0.05, 0) is 25.2 Å². The lowest BCUT2D eigenvalue weighted by Gasteiger charge is -2.28. The first-order chi connectivity index (χ1) is 7.74. The van der Waals surface area contributed by atoms with Crippen LogP contribution in [0.2, 0.25) is 0 Å². The predicted molar refractivity (Wildman–Crippen MR) is 63.1 cm³/mol. The fraction of sp³-hybridized carbons (Fsp3) is 0.800. The number of hydrogen-bond donors (Lipinski definition) is 3. The van der Waals surface area contributed by atoms with Crippen molar-refractivity contribution in [3.63, 3.8) is 0 Å². The van der Waals surface area contributed by atoms with Gasteiger partial charge in [0.1, 0.15) is 6.33 Å². The van der Waals surface area contributed by atoms with Crippen LogP contribution >= 0.6 is 11.8 Å². The van der Waals surface area contributed by atoms with Crippen molar-refractivity contribution in [3.8, 4) is 0 Å². The fourth-order valence-electron chi connectivity index (χ4n) is 2.37. The average Bonchev–Trinajstić information content (AvgIpc) is 2.90. The largest absolute Gasteiger partial charge is 0.388 e. The first-order valence-electron chi connectivity index (χ1n) is 5.65. The molecule has 0 radical (unpaired) electrons. The molecule has 2 atom stereocenters. The van der Waals surface area contributed by atoms with Gasteiger partial charge in [-0.3, -0.25) is 5.10 Å². The lowest BCUT2D eigenvalue weighted by atomic mass is 9.89. The number of nitrogens with two attached hydrogens (primary N) is 1. The van der Waals surface area contributed by atoms with Gasteiger partial charge in [-0.1, -0.05) is 18.2 Å². The van der Waals surface area contributed by atoms with Gasteiger partial charge in [-0.2, -0.15) is 5.10 Å². The van der Waals surface area contributed by atoms with E-state index >= 15 is 0 Å². The van der Waals surface area contributed by atoms with E-state index in [0.29, 0.717) is 12.5 Å². The molecule has 1 aromatic heterocycles. The highest BCUT2D eigenvalue weighted by molar-refractivity contribution is 7.99. The van der Waals surface area contributed by atoms with Crippen LogP contribution in [-0.4, -0.2) is 38.2 Å². The molecular weight excluding hydrogens is 224 g/mol. The first kappa shape index (κ1) is 11.9. The quantitative estimate of drug-likeness (QED) is 0.664. The van der Waals surface area contributed by atoms with Crippen molar-refractivity contribution < 1.29 is 5.11 Å². The highest BCUT2D eigenvalue weighted by atomic mass is 32.2. The van der Waals surface area contributed by atoms with E-state index in [1.54, 1.807) is 11.8 Å². The molecule has 1 aromatic rings. The molecule has 1 fully saturated rings. The molecule has 1 aliphatic rings. The van der Waals surface area contributed by atoms with E-state index in [0.717, 1.165) is 36.6 Å². The van der Waals surface area contributed by atoms with E-state index < -0.39 is 5.60 Å². The monoisotopic (exact) mass is 242 g/mol. The zero-order chi connectivity index (χ0) is 11.4. The van der Waals surface area contributed by atoms with Gasteiger partial charge >= 0.3 is 0 Å². The second-order valence-corrected chi connectivity index (χ2v) is 5.41. The Morgan fingerprint density at radius 3 is 3.25 bits per heavy atom. The van der Waals surface area contributed by atoms with Crippen LogP contribution in [0.1, 0.15) is 25.7 Å². The molecule has 5 nitrogen and oxygen atoms in total. The third-order valence-electron chi connectivity index (χ3n) is 3.37. The molecule has 1 heterocycles. The molecule has 0 amide bonds. The molecule has 0 aromatic carbocycles. The Morgan fingerprint density at radius 1 is 1.69 bits per heavy atom. The minimum atomic E-state index is -0.623. The van der Waals surface area contributed by atoms with Crippen LogP contribution in [0, 0.1) is 5.92 Å². The van der Waals surface area contributed by atoms with Crippen LogP contribution < -0.4 is 5.73 Å². The van der Waals surface area contributed by atoms with Gasteiger partial charge in [0.2, 0.25) is 0 Å². The van der Waals surface area contributed by atoms with Crippen LogP contribution in [0.3, 0.4) is 0 Å². The van der Waals surface area contributed by atoms with E-state index in [9.17, 15) is 5.11 Å². The van der Waals surface area contributed by atoms with Crippen molar-refractivity contribution >= 4 is 11.8 Å². The Kier molecular flexibility index (Phi) is 3.83. The summed E-state index contributed by atoms with van der Waals surface area (Å²) >= 11 is 1.64. The molecule has 0 bridgehead atoms. The number of rotatable bonds is 5. The highest BCUT2D eigenvalue weighted by Crippen LogP contribution is 2.38. The van der Waals surface area contributed by atoms with Crippen molar-refractivity contribution in [1.29, 1.82) is 0 Å². The molecule has 1 saturated carbocycles. The van der Waals surface area contributed by atoms with Crippen LogP contribution in [-0.2, 0) is 0 Å². The summed E-state index contributed by atoms with van der Waals surface area (Å²) in [6.07, 6.45) is 5.52. The van der Waals surface area contributed by atoms with E-state index in [1.165, 1.54) is 6.33 Å². The predicted octanol–water partition coefficient (Wildman–Crippen LogP) is 0.777. The van der Waals surface area contributed by atoms with E-state index in [2.05, 4.69) is 15.2 Å². The van der Waals surface area contributed by atoms with Gasteiger partial charge in [0.05, 0.1) is 5.60 Å². The maximum absolute atomic E-state index is 10.2. The second-order valence-electron chi connectivity index (χ2n) is 4.32. The number of thioether (sulfide) groups is 1. The summed E-state index contributed by atoms with van der Waals surface area (Å²) in [4.78, 5) is 4.05. The van der Waals surface area contributed by atoms with Gasteiger partial charge < -0.3 is 10.8 Å². The topological polar surface area (TPSA) is 87.8 Å². The lowest BCUT2D eigenvalue weighted by molar-refractivity contribution is 0.0103. The molecule has 1 aliphatic carbocycles. The molecule has 90 valence electrons. The normalized spacial score (nSPS) is 29.8. The maximum atomic E-state index is 10.2. The standard InChI is InChI=1S/C10H18N4OS/c11-6-10(15)4-1-2-8(10)3-5-16-9-12-7-13-14-9/h7-8,15H,1-6,11H2,(H,12,13,14). The minimum absolute atomic E-state index is 0.341. The fourth-order valence-corrected chi connectivity index (χ4v) is 3.21. The molecule has 4 N–H and O–H groups in total. The average molecular weight is 242 g/mol. The molecule has 2 unspecified atom stereocenters. The summed E-state index contributed by atoms with van der Waals surface area (Å²) in [5.41, 5.74) is 5.02. The van der Waals surface area contributed by atoms with Gasteiger partial charge in [-0.15, -0.1) is 0 Å². The Balaban J connectivity index is 1.77. The Hall–Kier alpha value is -0.590. The zero-order valence-corrected chi connectivity index (χ0v) is 10.0. The van der Waals surface area contributed by atoms with E-state index in [-0.39, 0.29) is 0 Å². The zero-order valence-electron chi connectivity index (χ0n) is 9.22. The second kappa shape index (κ2) is 5.16. The molecular formula is C10H18N4OS. The van der Waals surface area contributed by atoms with Crippen LogP contribution in [0.15, 0.2) is 11.5 Å². The van der Waals surface area contributed by atoms with Crippen LogP contribution in [0.25, 0.3) is 0 Å². The van der Waals surface area contributed by atoms with E-state index in [4.69, 9.17) is 5.73 Å². The number of aliphatic hydroxyl groups is 1. The van der Waals surface area contributed by atoms with Crippen molar-refractivity contribution in [2.45, 2.75) is 36.4 Å². The van der Waals surface area contributed by atoms with Crippen molar-refractivity contribution in [3.05, 3.63) is 6.33 Å². The summed E-state index contributed by atoms with van der Waals surface area (Å²) in [6, 6.07) is 0. The smallest absolute Gasteiger partial charge is 0.183 e. The summed E-state index contributed by atoms with van der Waals surface area (Å²) in [7, 11) is 0. The minimum Gasteiger partial charge on any atom is -0.388 e. The Morgan fingerprint density at radius 2 is 2.56 bits per heavy atom. The number of hydrogen-bond acceptors (Lipinski definition) is 5. The molecule has 0 aliphatic heterocycles. The van der Waals surface area contributed by atoms with Crippen molar-refractivity contribution in [2.24, 2.45) is 11.7 Å². The van der Waals surface area contributed by atoms with Crippen molar-refractivity contribution in [2.75, 3.05) is 12.3 Å². The third-order valence-corrected chi connectivity index (χ3v) is 4.28.